The number of nitrogens with one attached hydrogen (secondary N) is 1. The van der Waals surface area contributed by atoms with Gasteiger partial charge in [0, 0.05) is 23.7 Å². The van der Waals surface area contributed by atoms with Crippen molar-refractivity contribution in [1.29, 1.82) is 5.26 Å². The van der Waals surface area contributed by atoms with E-state index in [9.17, 15) is 14.4 Å². The molecule has 0 bridgehead atoms. The minimum atomic E-state index is -0.503. The molecule has 0 saturated carbocycles. The molecule has 1 N–H and O–H groups in total. The number of thiocyanates is 1. The van der Waals surface area contributed by atoms with Crippen molar-refractivity contribution < 1.29 is 14.4 Å². The van der Waals surface area contributed by atoms with Crippen LogP contribution in [0.1, 0.15) is 70.8 Å². The second-order valence-electron chi connectivity index (χ2n) is 10.4. The Bertz CT molecular complexity index is 1480. The molecular weight excluding hydrogens is 599 g/mol. The van der Waals surface area contributed by atoms with Gasteiger partial charge in [0.2, 0.25) is 5.91 Å². The number of amides is 3. The third-order valence-corrected chi connectivity index (χ3v) is 9.49. The molecule has 1 fully saturated rings. The third-order valence-electron chi connectivity index (χ3n) is 7.06. The van der Waals surface area contributed by atoms with E-state index in [2.05, 4.69) is 41.2 Å². The molecule has 0 aliphatic carbocycles. The smallest absolute Gasteiger partial charge is 0.294 e. The van der Waals surface area contributed by atoms with Gasteiger partial charge in [-0.3, -0.25) is 19.3 Å². The molecule has 3 amide bonds. The van der Waals surface area contributed by atoms with Crippen molar-refractivity contribution in [1.82, 2.24) is 9.88 Å². The quantitative estimate of drug-likeness (QED) is 0.0723. The standard InChI is InChI=1S/C32H37N5O3S3/c1-3-5-7-9-17-36(18-10-8-6-4-2)24-13-11-23(12-14-24)19-28-30(39)37(32(40)43-28)21-29(38)35-31-34-26-16-15-25(41-22-33)20-27(26)42-31/h11-16,19-20H,3-10,17-18,21H2,1-2H3,(H,34,35,38)/b28-19+. The molecule has 1 saturated heterocycles. The first kappa shape index (κ1) is 32.6. The number of unbranched alkanes of at least 4 members (excludes halogenated alkanes) is 6. The minimum Gasteiger partial charge on any atom is -0.372 e. The molecule has 1 aromatic heterocycles. The van der Waals surface area contributed by atoms with Crippen molar-refractivity contribution in [2.24, 2.45) is 0 Å². The number of nitrogens with zero attached hydrogens (tertiary/aromatic N) is 4. The molecule has 0 unspecified atom stereocenters. The monoisotopic (exact) mass is 635 g/mol. The summed E-state index contributed by atoms with van der Waals surface area (Å²) in [6, 6.07) is 13.5. The van der Waals surface area contributed by atoms with Crippen molar-refractivity contribution in [3.8, 4) is 5.40 Å². The van der Waals surface area contributed by atoms with E-state index in [0.717, 1.165) is 56.7 Å². The van der Waals surface area contributed by atoms with E-state index < -0.39 is 23.6 Å². The number of carbonyl (C=O) groups excluding carboxylic acids is 3. The summed E-state index contributed by atoms with van der Waals surface area (Å²) in [6.07, 6.45) is 11.5. The Kier molecular flexibility index (Phi) is 12.5. The summed E-state index contributed by atoms with van der Waals surface area (Å²) in [6.45, 7) is 6.12. The molecule has 0 atom stereocenters. The molecule has 2 aromatic carbocycles. The zero-order chi connectivity index (χ0) is 30.6. The van der Waals surface area contributed by atoms with E-state index in [-0.39, 0.29) is 0 Å². The lowest BCUT2D eigenvalue weighted by molar-refractivity contribution is -0.127. The van der Waals surface area contributed by atoms with Gasteiger partial charge in [0.05, 0.1) is 15.1 Å². The number of hydrogen-bond donors (Lipinski definition) is 1. The number of rotatable bonds is 16. The van der Waals surface area contributed by atoms with Crippen LogP contribution in [0.15, 0.2) is 52.3 Å². The van der Waals surface area contributed by atoms with Gasteiger partial charge in [-0.25, -0.2) is 4.98 Å². The van der Waals surface area contributed by atoms with E-state index in [0.29, 0.717) is 15.6 Å². The Balaban J connectivity index is 1.36. The third kappa shape index (κ3) is 9.33. The van der Waals surface area contributed by atoms with Crippen molar-refractivity contribution in [3.63, 3.8) is 0 Å². The van der Waals surface area contributed by atoms with Crippen LogP contribution < -0.4 is 10.2 Å². The maximum absolute atomic E-state index is 13.1. The minimum absolute atomic E-state index is 0.295. The van der Waals surface area contributed by atoms with Crippen LogP contribution in [0.3, 0.4) is 0 Å². The molecule has 0 spiro atoms. The first-order valence-electron chi connectivity index (χ1n) is 14.8. The van der Waals surface area contributed by atoms with Crippen LogP contribution in [-0.4, -0.2) is 46.6 Å². The molecule has 2 heterocycles. The Hall–Kier alpha value is -3.33. The predicted molar refractivity (Wildman–Crippen MR) is 179 cm³/mol. The summed E-state index contributed by atoms with van der Waals surface area (Å²) in [5, 5.41) is 13.5. The molecule has 0 radical (unpaired) electrons. The lowest BCUT2D eigenvalue weighted by Crippen LogP contribution is -2.36. The van der Waals surface area contributed by atoms with E-state index in [1.165, 1.54) is 68.4 Å². The molecule has 43 heavy (non-hydrogen) atoms. The topological polar surface area (TPSA) is 106 Å². The van der Waals surface area contributed by atoms with Gasteiger partial charge in [-0.1, -0.05) is 75.8 Å². The molecule has 8 nitrogen and oxygen atoms in total. The summed E-state index contributed by atoms with van der Waals surface area (Å²) in [7, 11) is 0. The maximum Gasteiger partial charge on any atom is 0.294 e. The summed E-state index contributed by atoms with van der Waals surface area (Å²) in [4.78, 5) is 47.3. The van der Waals surface area contributed by atoms with Crippen LogP contribution in [0.5, 0.6) is 0 Å². The molecular formula is C32H37N5O3S3. The van der Waals surface area contributed by atoms with Gasteiger partial charge in [0.15, 0.2) is 5.13 Å². The number of fused-ring (bicyclic) bond motifs is 1. The molecule has 11 heteroatoms. The van der Waals surface area contributed by atoms with Crippen LogP contribution in [0.25, 0.3) is 16.3 Å². The molecule has 3 aromatic rings. The predicted octanol–water partition coefficient (Wildman–Crippen LogP) is 8.51. The number of thioether (sulfide) groups is 2. The lowest BCUT2D eigenvalue weighted by Gasteiger charge is -2.25. The van der Waals surface area contributed by atoms with Gasteiger partial charge in [-0.15, -0.1) is 0 Å². The van der Waals surface area contributed by atoms with Gasteiger partial charge in [-0.05, 0) is 78.3 Å². The summed E-state index contributed by atoms with van der Waals surface area (Å²) >= 11 is 3.16. The van der Waals surface area contributed by atoms with E-state index >= 15 is 0 Å². The number of hydrogen-bond acceptors (Lipinski definition) is 9. The highest BCUT2D eigenvalue weighted by atomic mass is 32.2. The normalized spacial score (nSPS) is 14.1. The molecule has 1 aliphatic rings. The number of anilines is 2. The average Bonchev–Trinajstić information content (AvgIpc) is 3.51. The van der Waals surface area contributed by atoms with Gasteiger partial charge in [0.25, 0.3) is 11.1 Å². The highest BCUT2D eigenvalue weighted by Gasteiger charge is 2.36. The summed E-state index contributed by atoms with van der Waals surface area (Å²) in [5.74, 6) is -0.985. The van der Waals surface area contributed by atoms with E-state index in [1.54, 1.807) is 18.2 Å². The molecule has 1 aliphatic heterocycles. The van der Waals surface area contributed by atoms with Gasteiger partial charge < -0.3 is 10.2 Å². The Morgan fingerprint density at radius 2 is 1.72 bits per heavy atom. The fourth-order valence-electron chi connectivity index (χ4n) is 4.77. The van der Waals surface area contributed by atoms with Crippen molar-refractivity contribution >= 4 is 79.0 Å². The van der Waals surface area contributed by atoms with Gasteiger partial charge >= 0.3 is 0 Å². The van der Waals surface area contributed by atoms with Crippen LogP contribution in [0, 0.1) is 10.7 Å². The van der Waals surface area contributed by atoms with Gasteiger partial charge in [0.1, 0.15) is 11.9 Å². The van der Waals surface area contributed by atoms with Crippen LogP contribution in [-0.2, 0) is 9.59 Å². The van der Waals surface area contributed by atoms with Crippen molar-refractivity contribution in [2.75, 3.05) is 29.9 Å². The highest BCUT2D eigenvalue weighted by Crippen LogP contribution is 2.33. The van der Waals surface area contributed by atoms with Gasteiger partial charge in [-0.2, -0.15) is 5.26 Å². The first-order chi connectivity index (χ1) is 20.9. The average molecular weight is 636 g/mol. The Morgan fingerprint density at radius 1 is 1.02 bits per heavy atom. The number of benzene rings is 2. The zero-order valence-corrected chi connectivity index (χ0v) is 27.1. The highest BCUT2D eigenvalue weighted by molar-refractivity contribution is 8.18. The first-order valence-corrected chi connectivity index (χ1v) is 17.2. The second kappa shape index (κ2) is 16.5. The number of aromatic nitrogens is 1. The Morgan fingerprint density at radius 3 is 2.37 bits per heavy atom. The van der Waals surface area contributed by atoms with Crippen molar-refractivity contribution in [2.45, 2.75) is 70.1 Å². The van der Waals surface area contributed by atoms with Crippen LogP contribution >= 0.6 is 34.9 Å². The maximum atomic E-state index is 13.1. The lowest BCUT2D eigenvalue weighted by atomic mass is 10.1. The number of imide groups is 1. The fourth-order valence-corrected chi connectivity index (χ4v) is 7.03. The largest absolute Gasteiger partial charge is 0.372 e. The number of thiazole rings is 1. The Labute approximate surface area is 265 Å². The van der Waals surface area contributed by atoms with E-state index in [1.807, 2.05) is 23.6 Å². The van der Waals surface area contributed by atoms with E-state index in [4.69, 9.17) is 5.26 Å². The second-order valence-corrected chi connectivity index (χ2v) is 13.2. The number of nitriles is 1. The molecule has 226 valence electrons. The fraction of sp³-hybridized carbons (Fsp3) is 0.406. The van der Waals surface area contributed by atoms with Crippen molar-refractivity contribution in [3.05, 3.63) is 52.9 Å². The SMILES string of the molecule is CCCCCCN(CCCCCC)c1ccc(/C=C2/SC(=O)N(CC(=O)Nc3nc4ccc(SC#N)cc4s3)C2=O)cc1. The van der Waals surface area contributed by atoms with Crippen LogP contribution in [0.2, 0.25) is 0 Å². The summed E-state index contributed by atoms with van der Waals surface area (Å²) < 4.78 is 0.826. The van der Waals surface area contributed by atoms with Crippen LogP contribution in [0.4, 0.5) is 15.6 Å². The number of carbonyl (C=O) groups is 3. The summed E-state index contributed by atoms with van der Waals surface area (Å²) in [5.41, 5.74) is 2.70. The zero-order valence-electron chi connectivity index (χ0n) is 24.6. The molecule has 4 rings (SSSR count).